The van der Waals surface area contributed by atoms with Crippen molar-refractivity contribution in [2.75, 3.05) is 6.61 Å². The number of amides is 1. The number of thioether (sulfide) groups is 1. The molecule has 0 aromatic carbocycles. The van der Waals surface area contributed by atoms with Crippen LogP contribution in [0.1, 0.15) is 30.5 Å². The van der Waals surface area contributed by atoms with Gasteiger partial charge in [-0.2, -0.15) is 0 Å². The van der Waals surface area contributed by atoms with Crippen molar-refractivity contribution >= 4 is 39.1 Å². The molecule has 0 spiro atoms. The number of carbonyl (C=O) groups excluding carboxylic acids is 2. The molecule has 2 unspecified atom stereocenters. The molecule has 2 atom stereocenters. The maximum Gasteiger partial charge on any atom is 0.411 e. The average Bonchev–Trinajstić information content (AvgIpc) is 3.22. The average molecular weight is 380 g/mol. The topological polar surface area (TPSA) is 63.9 Å². The third-order valence-corrected chi connectivity index (χ3v) is 6.29. The van der Waals surface area contributed by atoms with E-state index in [-0.39, 0.29) is 29.2 Å². The van der Waals surface area contributed by atoms with Gasteiger partial charge in [-0.05, 0) is 19.8 Å². The Bertz CT molecular complexity index is 798. The van der Waals surface area contributed by atoms with Crippen LogP contribution in [0.15, 0.2) is 25.0 Å². The second kappa shape index (κ2) is 7.61. The molecule has 6 nitrogen and oxygen atoms in total. The molecule has 0 bridgehead atoms. The van der Waals surface area contributed by atoms with Gasteiger partial charge in [-0.25, -0.2) is 9.78 Å². The van der Waals surface area contributed by atoms with E-state index < -0.39 is 0 Å². The fourth-order valence-electron chi connectivity index (χ4n) is 3.12. The fourth-order valence-corrected chi connectivity index (χ4v) is 5.22. The molecule has 1 aliphatic rings. The molecular weight excluding hydrogens is 358 g/mol. The molecule has 1 fully saturated rings. The van der Waals surface area contributed by atoms with Crippen molar-refractivity contribution in [2.45, 2.75) is 44.5 Å². The molecule has 1 amide bonds. The predicted molar refractivity (Wildman–Crippen MR) is 100.0 cm³/mol. The maximum absolute atomic E-state index is 12.5. The summed E-state index contributed by atoms with van der Waals surface area (Å²) in [4.78, 5) is 32.3. The number of hydrogen-bond donors (Lipinski definition) is 0. The molecule has 2 aromatic heterocycles. The van der Waals surface area contributed by atoms with Crippen LogP contribution in [0.2, 0.25) is 0 Å². The zero-order valence-electron chi connectivity index (χ0n) is 14.3. The summed E-state index contributed by atoms with van der Waals surface area (Å²) in [6.45, 7) is 7.25. The lowest BCUT2D eigenvalue weighted by molar-refractivity contribution is -0.109. The summed E-state index contributed by atoms with van der Waals surface area (Å²) in [5, 5.41) is -0.145. The highest BCUT2D eigenvalue weighted by atomic mass is 32.2. The number of carbonyl (C=O) groups is 2. The van der Waals surface area contributed by atoms with Gasteiger partial charge >= 0.3 is 6.09 Å². The van der Waals surface area contributed by atoms with Crippen molar-refractivity contribution in [1.82, 2.24) is 14.3 Å². The molecule has 0 aliphatic carbocycles. The second-order valence-corrected chi connectivity index (χ2v) is 8.48. The van der Waals surface area contributed by atoms with Crippen molar-refractivity contribution in [1.29, 1.82) is 0 Å². The van der Waals surface area contributed by atoms with E-state index in [9.17, 15) is 9.59 Å². The SMILES string of the molecule is C=CCOC(=O)N1C(Cc2cn3c(C)ncc3s2)CCC1SC(C)=O. The third-order valence-electron chi connectivity index (χ3n) is 4.18. The number of likely N-dealkylation sites (tertiary alicyclic amines) is 1. The van der Waals surface area contributed by atoms with E-state index >= 15 is 0 Å². The molecule has 0 radical (unpaired) electrons. The highest BCUT2D eigenvalue weighted by Crippen LogP contribution is 2.35. The highest BCUT2D eigenvalue weighted by Gasteiger charge is 2.39. The summed E-state index contributed by atoms with van der Waals surface area (Å²) >= 11 is 2.89. The summed E-state index contributed by atoms with van der Waals surface area (Å²) in [7, 11) is 0. The zero-order valence-corrected chi connectivity index (χ0v) is 15.9. The van der Waals surface area contributed by atoms with Crippen LogP contribution in [0.25, 0.3) is 4.83 Å². The number of imidazole rings is 1. The number of hydrogen-bond acceptors (Lipinski definition) is 6. The van der Waals surface area contributed by atoms with E-state index in [0.29, 0.717) is 0 Å². The first-order valence-corrected chi connectivity index (χ1v) is 9.84. The monoisotopic (exact) mass is 379 g/mol. The maximum atomic E-state index is 12.5. The number of aromatic nitrogens is 2. The van der Waals surface area contributed by atoms with Crippen molar-refractivity contribution < 1.29 is 14.3 Å². The molecule has 3 rings (SSSR count). The minimum Gasteiger partial charge on any atom is -0.445 e. The fraction of sp³-hybridized carbons (Fsp3) is 0.471. The largest absolute Gasteiger partial charge is 0.445 e. The van der Waals surface area contributed by atoms with E-state index in [1.54, 1.807) is 22.3 Å². The van der Waals surface area contributed by atoms with Gasteiger partial charge in [0, 0.05) is 30.5 Å². The van der Waals surface area contributed by atoms with Crippen molar-refractivity contribution in [2.24, 2.45) is 0 Å². The Hall–Kier alpha value is -1.80. The Morgan fingerprint density at radius 1 is 1.52 bits per heavy atom. The number of aryl methyl sites for hydroxylation is 1. The summed E-state index contributed by atoms with van der Waals surface area (Å²) < 4.78 is 7.32. The van der Waals surface area contributed by atoms with Crippen LogP contribution in [0, 0.1) is 6.92 Å². The number of nitrogens with zero attached hydrogens (tertiary/aromatic N) is 3. The first-order chi connectivity index (χ1) is 12.0. The lowest BCUT2D eigenvalue weighted by Gasteiger charge is -2.28. The van der Waals surface area contributed by atoms with Gasteiger partial charge in [-0.3, -0.25) is 14.1 Å². The van der Waals surface area contributed by atoms with Gasteiger partial charge in [0.2, 0.25) is 0 Å². The van der Waals surface area contributed by atoms with Gasteiger partial charge < -0.3 is 4.74 Å². The Morgan fingerprint density at radius 2 is 2.32 bits per heavy atom. The first-order valence-electron chi connectivity index (χ1n) is 8.15. The summed E-state index contributed by atoms with van der Waals surface area (Å²) in [5.41, 5.74) is 0. The van der Waals surface area contributed by atoms with Crippen LogP contribution >= 0.6 is 23.1 Å². The van der Waals surface area contributed by atoms with E-state index in [1.165, 1.54) is 23.6 Å². The molecule has 134 valence electrons. The minimum atomic E-state index is -0.373. The zero-order chi connectivity index (χ0) is 18.0. The number of ether oxygens (including phenoxy) is 1. The molecule has 8 heteroatoms. The first kappa shape index (κ1) is 18.0. The van der Waals surface area contributed by atoms with Gasteiger partial charge in [-0.15, -0.1) is 11.3 Å². The third kappa shape index (κ3) is 3.90. The lowest BCUT2D eigenvalue weighted by Crippen LogP contribution is -2.41. The molecular formula is C17H21N3O3S2. The van der Waals surface area contributed by atoms with E-state index in [1.807, 2.05) is 13.1 Å². The van der Waals surface area contributed by atoms with Crippen LogP contribution < -0.4 is 0 Å². The number of thiazole rings is 1. The van der Waals surface area contributed by atoms with Crippen molar-refractivity contribution in [3.05, 3.63) is 35.8 Å². The standard InChI is InChI=1S/C17H21N3O3S2/c1-4-7-23-17(22)20-13(5-6-15(20)24-12(3)21)8-14-10-19-11(2)18-9-16(19)25-14/h4,9-10,13,15H,1,5-8H2,2-3H3. The number of rotatable bonds is 5. The summed E-state index contributed by atoms with van der Waals surface area (Å²) in [6.07, 6.45) is 7.53. The quantitative estimate of drug-likeness (QED) is 0.742. The van der Waals surface area contributed by atoms with E-state index in [2.05, 4.69) is 22.2 Å². The van der Waals surface area contributed by atoms with Crippen LogP contribution in [0.5, 0.6) is 0 Å². The van der Waals surface area contributed by atoms with Crippen LogP contribution in [0.3, 0.4) is 0 Å². The van der Waals surface area contributed by atoms with Crippen molar-refractivity contribution in [3.63, 3.8) is 0 Å². The minimum absolute atomic E-state index is 0.0132. The van der Waals surface area contributed by atoms with Gasteiger partial charge in [0.15, 0.2) is 5.12 Å². The van der Waals surface area contributed by atoms with Gasteiger partial charge in [0.25, 0.3) is 0 Å². The Balaban J connectivity index is 1.78. The highest BCUT2D eigenvalue weighted by molar-refractivity contribution is 8.14. The number of fused-ring (bicyclic) bond motifs is 1. The smallest absolute Gasteiger partial charge is 0.411 e. The molecule has 3 heterocycles. The lowest BCUT2D eigenvalue weighted by atomic mass is 10.1. The molecule has 1 aliphatic heterocycles. The van der Waals surface area contributed by atoms with Crippen molar-refractivity contribution in [3.8, 4) is 0 Å². The van der Waals surface area contributed by atoms with E-state index in [4.69, 9.17) is 4.74 Å². The van der Waals surface area contributed by atoms with Gasteiger partial charge in [0.1, 0.15) is 17.3 Å². The predicted octanol–water partition coefficient (Wildman–Crippen LogP) is 3.64. The normalized spacial score (nSPS) is 20.2. The Kier molecular flexibility index (Phi) is 5.48. The van der Waals surface area contributed by atoms with Gasteiger partial charge in [0.05, 0.1) is 11.6 Å². The Morgan fingerprint density at radius 3 is 3.00 bits per heavy atom. The van der Waals surface area contributed by atoms with E-state index in [0.717, 1.165) is 29.9 Å². The molecule has 2 aromatic rings. The molecule has 1 saturated heterocycles. The Labute approximate surface area is 154 Å². The van der Waals surface area contributed by atoms with Crippen LogP contribution in [0.4, 0.5) is 4.79 Å². The van der Waals surface area contributed by atoms with Crippen LogP contribution in [-0.4, -0.2) is 43.5 Å². The molecule has 0 N–H and O–H groups in total. The van der Waals surface area contributed by atoms with Crippen LogP contribution in [-0.2, 0) is 16.0 Å². The summed E-state index contributed by atoms with van der Waals surface area (Å²) in [6, 6.07) is 0.0331. The second-order valence-electron chi connectivity index (χ2n) is 5.98. The van der Waals surface area contributed by atoms with Gasteiger partial charge in [-0.1, -0.05) is 24.4 Å². The molecule has 25 heavy (non-hydrogen) atoms. The molecule has 0 saturated carbocycles. The summed E-state index contributed by atoms with van der Waals surface area (Å²) in [5.74, 6) is 0.955.